The van der Waals surface area contributed by atoms with Crippen LogP contribution in [0.25, 0.3) is 11.0 Å². The van der Waals surface area contributed by atoms with E-state index < -0.39 is 0 Å². The summed E-state index contributed by atoms with van der Waals surface area (Å²) in [6.07, 6.45) is 4.54. The summed E-state index contributed by atoms with van der Waals surface area (Å²) in [5.41, 5.74) is 2.04. The molecule has 0 aliphatic carbocycles. The van der Waals surface area contributed by atoms with Crippen LogP contribution in [0.3, 0.4) is 0 Å². The number of benzene rings is 1. The molecule has 0 unspecified atom stereocenters. The molecule has 2 aromatic heterocycles. The SMILES string of the molecule is CCCCc1cc(=O)oc2c3c(c(Cl)cc12)OCN(Cc1ccco1)C3. The van der Waals surface area contributed by atoms with Crippen molar-refractivity contribution in [3.63, 3.8) is 0 Å². The quantitative estimate of drug-likeness (QED) is 0.605. The molecule has 5 nitrogen and oxygen atoms in total. The predicted octanol–water partition coefficient (Wildman–Crippen LogP) is 4.73. The third-order valence-electron chi connectivity index (χ3n) is 4.65. The van der Waals surface area contributed by atoms with Gasteiger partial charge in [-0.2, -0.15) is 0 Å². The Kier molecular flexibility index (Phi) is 4.74. The van der Waals surface area contributed by atoms with E-state index in [4.69, 9.17) is 25.2 Å². The highest BCUT2D eigenvalue weighted by molar-refractivity contribution is 6.33. The van der Waals surface area contributed by atoms with Crippen molar-refractivity contribution in [1.29, 1.82) is 0 Å². The van der Waals surface area contributed by atoms with Gasteiger partial charge in [0.25, 0.3) is 0 Å². The fourth-order valence-corrected chi connectivity index (χ4v) is 3.67. The number of nitrogens with zero attached hydrogens (tertiary/aromatic N) is 1. The Bertz CT molecular complexity index is 978. The molecule has 0 saturated heterocycles. The van der Waals surface area contributed by atoms with Crippen molar-refractivity contribution in [3.8, 4) is 5.75 Å². The lowest BCUT2D eigenvalue weighted by Crippen LogP contribution is -2.31. The maximum absolute atomic E-state index is 12.1. The molecule has 136 valence electrons. The number of aryl methyl sites for hydroxylation is 1. The van der Waals surface area contributed by atoms with Crippen molar-refractivity contribution in [2.45, 2.75) is 39.3 Å². The Morgan fingerprint density at radius 2 is 2.19 bits per heavy atom. The van der Waals surface area contributed by atoms with E-state index in [-0.39, 0.29) is 5.63 Å². The second-order valence-electron chi connectivity index (χ2n) is 6.58. The minimum atomic E-state index is -0.337. The molecule has 1 aliphatic heterocycles. The molecule has 3 aromatic rings. The molecule has 0 amide bonds. The molecular weight excluding hydrogens is 354 g/mol. The first kappa shape index (κ1) is 17.2. The summed E-state index contributed by atoms with van der Waals surface area (Å²) in [6.45, 7) is 3.72. The zero-order valence-corrected chi connectivity index (χ0v) is 15.3. The fraction of sp³-hybridized carbons (Fsp3) is 0.350. The Labute approximate surface area is 156 Å². The molecule has 4 rings (SSSR count). The zero-order chi connectivity index (χ0) is 18.1. The lowest BCUT2D eigenvalue weighted by atomic mass is 10.0. The van der Waals surface area contributed by atoms with Crippen LogP contribution in [-0.4, -0.2) is 11.6 Å². The normalized spacial score (nSPS) is 14.4. The zero-order valence-electron chi connectivity index (χ0n) is 14.6. The molecule has 0 fully saturated rings. The molecule has 1 aliphatic rings. The maximum Gasteiger partial charge on any atom is 0.336 e. The van der Waals surface area contributed by atoms with Crippen molar-refractivity contribution in [2.24, 2.45) is 0 Å². The first-order chi connectivity index (χ1) is 12.7. The van der Waals surface area contributed by atoms with Gasteiger partial charge in [0, 0.05) is 18.0 Å². The van der Waals surface area contributed by atoms with Crippen molar-refractivity contribution in [3.05, 3.63) is 62.9 Å². The molecule has 3 heterocycles. The fourth-order valence-electron chi connectivity index (χ4n) is 3.40. The van der Waals surface area contributed by atoms with Crippen molar-refractivity contribution in [2.75, 3.05) is 6.73 Å². The Balaban J connectivity index is 1.77. The lowest BCUT2D eigenvalue weighted by molar-refractivity contribution is 0.0827. The Hall–Kier alpha value is -2.24. The van der Waals surface area contributed by atoms with Crippen molar-refractivity contribution >= 4 is 22.6 Å². The van der Waals surface area contributed by atoms with E-state index in [1.54, 1.807) is 12.3 Å². The molecular formula is C20H20ClNO4. The first-order valence-electron chi connectivity index (χ1n) is 8.81. The van der Waals surface area contributed by atoms with Crippen LogP contribution in [0.4, 0.5) is 0 Å². The second kappa shape index (κ2) is 7.17. The minimum Gasteiger partial charge on any atom is -0.476 e. The van der Waals surface area contributed by atoms with E-state index in [1.807, 2.05) is 18.2 Å². The number of halogens is 1. The predicted molar refractivity (Wildman–Crippen MR) is 99.6 cm³/mol. The molecule has 1 aromatic carbocycles. The molecule has 0 spiro atoms. The van der Waals surface area contributed by atoms with Crippen molar-refractivity contribution in [1.82, 2.24) is 4.90 Å². The van der Waals surface area contributed by atoms with Gasteiger partial charge in [-0.15, -0.1) is 0 Å². The minimum absolute atomic E-state index is 0.337. The number of furan rings is 1. The third-order valence-corrected chi connectivity index (χ3v) is 4.93. The first-order valence-corrected chi connectivity index (χ1v) is 9.19. The summed E-state index contributed by atoms with van der Waals surface area (Å²) in [7, 11) is 0. The summed E-state index contributed by atoms with van der Waals surface area (Å²) in [5, 5.41) is 1.45. The van der Waals surface area contributed by atoms with Crippen LogP contribution in [0.1, 0.15) is 36.7 Å². The van der Waals surface area contributed by atoms with Gasteiger partial charge in [-0.1, -0.05) is 24.9 Å². The molecule has 0 N–H and O–H groups in total. The number of hydrogen-bond donors (Lipinski definition) is 0. The summed E-state index contributed by atoms with van der Waals surface area (Å²) in [4.78, 5) is 14.2. The van der Waals surface area contributed by atoms with E-state index in [1.165, 1.54) is 0 Å². The van der Waals surface area contributed by atoms with Gasteiger partial charge >= 0.3 is 5.63 Å². The smallest absolute Gasteiger partial charge is 0.336 e. The summed E-state index contributed by atoms with van der Waals surface area (Å²) < 4.78 is 16.9. The van der Waals surface area contributed by atoms with Gasteiger partial charge < -0.3 is 13.6 Å². The van der Waals surface area contributed by atoms with Crippen LogP contribution in [0, 0.1) is 0 Å². The van der Waals surface area contributed by atoms with Crippen LogP contribution >= 0.6 is 11.6 Å². The van der Waals surface area contributed by atoms with Gasteiger partial charge in [-0.25, -0.2) is 4.79 Å². The lowest BCUT2D eigenvalue weighted by Gasteiger charge is -2.29. The number of hydrogen-bond acceptors (Lipinski definition) is 5. The Morgan fingerprint density at radius 1 is 1.31 bits per heavy atom. The van der Waals surface area contributed by atoms with Gasteiger partial charge in [0.1, 0.15) is 23.8 Å². The van der Waals surface area contributed by atoms with Crippen LogP contribution in [-0.2, 0) is 19.5 Å². The van der Waals surface area contributed by atoms with Gasteiger partial charge in [-0.05, 0) is 36.6 Å². The van der Waals surface area contributed by atoms with E-state index in [9.17, 15) is 4.79 Å². The van der Waals surface area contributed by atoms with Crippen LogP contribution in [0.2, 0.25) is 5.02 Å². The number of fused-ring (bicyclic) bond motifs is 3. The molecule has 26 heavy (non-hydrogen) atoms. The topological polar surface area (TPSA) is 55.8 Å². The molecule has 0 radical (unpaired) electrons. The monoisotopic (exact) mass is 373 g/mol. The standard InChI is InChI=1S/C20H20ClNO4/c1-2-3-5-13-8-18(23)26-19-15(13)9-17(21)20-16(19)11-22(12-25-20)10-14-6-4-7-24-14/h4,6-9H,2-3,5,10-12H2,1H3. The van der Waals surface area contributed by atoms with E-state index in [0.717, 1.165) is 41.5 Å². The average Bonchev–Trinajstić information content (AvgIpc) is 3.13. The van der Waals surface area contributed by atoms with Crippen molar-refractivity contribution < 1.29 is 13.6 Å². The van der Waals surface area contributed by atoms with E-state index in [0.29, 0.717) is 36.2 Å². The number of unbranched alkanes of at least 4 members (excludes halogenated alkanes) is 1. The largest absolute Gasteiger partial charge is 0.476 e. The van der Waals surface area contributed by atoms with Gasteiger partial charge in [0.15, 0.2) is 0 Å². The van der Waals surface area contributed by atoms with Crippen LogP contribution < -0.4 is 10.4 Å². The number of rotatable bonds is 5. The highest BCUT2D eigenvalue weighted by Crippen LogP contribution is 2.39. The molecule has 0 atom stereocenters. The number of ether oxygens (including phenoxy) is 1. The third kappa shape index (κ3) is 3.24. The van der Waals surface area contributed by atoms with Gasteiger partial charge in [0.05, 0.1) is 23.4 Å². The van der Waals surface area contributed by atoms with E-state index in [2.05, 4.69) is 11.8 Å². The summed E-state index contributed by atoms with van der Waals surface area (Å²) in [5.74, 6) is 1.46. The summed E-state index contributed by atoms with van der Waals surface area (Å²) in [6, 6.07) is 7.21. The maximum atomic E-state index is 12.1. The average molecular weight is 374 g/mol. The highest BCUT2D eigenvalue weighted by atomic mass is 35.5. The van der Waals surface area contributed by atoms with Gasteiger partial charge in [0.2, 0.25) is 0 Å². The molecule has 0 saturated carbocycles. The molecule has 6 heteroatoms. The highest BCUT2D eigenvalue weighted by Gasteiger charge is 2.25. The molecule has 0 bridgehead atoms. The van der Waals surface area contributed by atoms with Crippen LogP contribution in [0.15, 0.2) is 44.2 Å². The summed E-state index contributed by atoms with van der Waals surface area (Å²) >= 11 is 6.48. The van der Waals surface area contributed by atoms with Crippen LogP contribution in [0.5, 0.6) is 5.75 Å². The van der Waals surface area contributed by atoms with E-state index >= 15 is 0 Å². The second-order valence-corrected chi connectivity index (χ2v) is 6.98. The van der Waals surface area contributed by atoms with Gasteiger partial charge in [-0.3, -0.25) is 4.90 Å². The Morgan fingerprint density at radius 3 is 2.96 bits per heavy atom.